The van der Waals surface area contributed by atoms with Crippen molar-refractivity contribution in [3.05, 3.63) is 0 Å². The number of hydrogen-bond donors (Lipinski definition) is 0. The lowest BCUT2D eigenvalue weighted by molar-refractivity contribution is 1.40. The van der Waals surface area contributed by atoms with Crippen molar-refractivity contribution in [3.8, 4) is 0 Å². The summed E-state index contributed by atoms with van der Waals surface area (Å²) >= 11 is 0. The molecule has 1 rings (SSSR count). The Hall–Kier alpha value is 0.868. The van der Waals surface area contributed by atoms with Crippen LogP contribution in [0.5, 0.6) is 0 Å². The van der Waals surface area contributed by atoms with Crippen LogP contribution in [0.2, 0.25) is 29.1 Å². The van der Waals surface area contributed by atoms with E-state index in [0.717, 1.165) is 0 Å². The predicted octanol–water partition coefficient (Wildman–Crippen LogP) is -1.36. The zero-order valence-electron chi connectivity index (χ0n) is 6.36. The lowest BCUT2D eigenvalue weighted by Gasteiger charge is -1.91. The van der Waals surface area contributed by atoms with Crippen LogP contribution >= 0.6 is 0 Å². The smallest absolute Gasteiger partial charge is 0.0163 e. The van der Waals surface area contributed by atoms with Crippen molar-refractivity contribution in [2.45, 2.75) is 29.1 Å². The summed E-state index contributed by atoms with van der Waals surface area (Å²) in [5, 5.41) is 0. The minimum Gasteiger partial charge on any atom is -0.0725 e. The van der Waals surface area contributed by atoms with E-state index >= 15 is 0 Å². The van der Waals surface area contributed by atoms with Gasteiger partial charge in [0.05, 0.1) is 0 Å². The minimum atomic E-state index is 0.548. The fourth-order valence-corrected chi connectivity index (χ4v) is 20.7. The van der Waals surface area contributed by atoms with Gasteiger partial charge in [0.2, 0.25) is 0 Å². The Morgan fingerprint density at radius 2 is 1.00 bits per heavy atom. The lowest BCUT2D eigenvalue weighted by Crippen LogP contribution is -1.99. The number of rotatable bonds is 0. The van der Waals surface area contributed by atoms with E-state index in [1.807, 2.05) is 17.0 Å². The van der Waals surface area contributed by atoms with Crippen molar-refractivity contribution in [2.75, 3.05) is 0 Å². The molecular formula is C5H18Si4. The Balaban J connectivity index is 2.02. The van der Waals surface area contributed by atoms with Gasteiger partial charge in [0.1, 0.15) is 0 Å². The molecule has 54 valence electrons. The van der Waals surface area contributed by atoms with Crippen molar-refractivity contribution in [1.82, 2.24) is 0 Å². The molecule has 1 aliphatic rings. The normalized spacial score (nSPS) is 34.7. The highest BCUT2D eigenvalue weighted by molar-refractivity contribution is 6.69. The molecule has 0 saturated carbocycles. The van der Waals surface area contributed by atoms with Crippen LogP contribution in [0.3, 0.4) is 0 Å². The van der Waals surface area contributed by atoms with Gasteiger partial charge in [-0.25, -0.2) is 0 Å². The summed E-state index contributed by atoms with van der Waals surface area (Å²) in [6.07, 6.45) is 0. The molecule has 0 aromatic carbocycles. The first-order valence-corrected chi connectivity index (χ1v) is 12.5. The van der Waals surface area contributed by atoms with Gasteiger partial charge >= 0.3 is 0 Å². The molecule has 1 aliphatic heterocycles. The molecule has 0 aromatic rings. The average molecular weight is 191 g/mol. The van der Waals surface area contributed by atoms with Crippen LogP contribution in [0.1, 0.15) is 0 Å². The highest BCUT2D eigenvalue weighted by Gasteiger charge is 1.97. The fraction of sp³-hybridized carbons (Fsp3) is 1.00. The molecular weight excluding hydrogens is 172 g/mol. The van der Waals surface area contributed by atoms with E-state index in [1.54, 1.807) is 12.1 Å². The van der Waals surface area contributed by atoms with Gasteiger partial charge in [0.15, 0.2) is 0 Å². The lowest BCUT2D eigenvalue weighted by atomic mass is 10.9. The van der Waals surface area contributed by atoms with Crippen molar-refractivity contribution >= 4 is 38.1 Å². The Bertz CT molecular complexity index is 37.4. The first kappa shape index (κ1) is 7.97. The second-order valence-electron chi connectivity index (χ2n) is 3.18. The molecule has 1 saturated heterocycles. The van der Waals surface area contributed by atoms with E-state index in [2.05, 4.69) is 0 Å². The summed E-state index contributed by atoms with van der Waals surface area (Å²) < 4.78 is 0. The van der Waals surface area contributed by atoms with E-state index in [4.69, 9.17) is 0 Å². The van der Waals surface area contributed by atoms with Gasteiger partial charge in [-0.05, 0) is 0 Å². The van der Waals surface area contributed by atoms with Crippen LogP contribution in [-0.4, -0.2) is 38.1 Å². The molecule has 0 aromatic heterocycles. The second kappa shape index (κ2) is 5.64. The molecule has 0 N–H and O–H groups in total. The van der Waals surface area contributed by atoms with Gasteiger partial charge in [-0.2, -0.15) is 0 Å². The Morgan fingerprint density at radius 1 is 0.556 bits per heavy atom. The zero-order valence-corrected chi connectivity index (χ0v) is 12.0. The summed E-state index contributed by atoms with van der Waals surface area (Å²) in [5.41, 5.74) is 5.52. The maximum absolute atomic E-state index is 1.85. The highest BCUT2D eigenvalue weighted by atomic mass is 28.3. The van der Waals surface area contributed by atoms with Gasteiger partial charge in [-0.3, -0.25) is 0 Å². The first-order valence-electron chi connectivity index (χ1n) is 4.50. The van der Waals surface area contributed by atoms with Crippen LogP contribution in [0.25, 0.3) is 0 Å². The first-order chi connectivity index (χ1) is 4.50. The SMILES string of the molecule is C1C[SiH2]C[SiH2]C[SiH2]C[SiH2]1. The van der Waals surface area contributed by atoms with E-state index in [9.17, 15) is 0 Å². The van der Waals surface area contributed by atoms with Gasteiger partial charge in [0.25, 0.3) is 0 Å². The van der Waals surface area contributed by atoms with E-state index in [0.29, 0.717) is 38.1 Å². The summed E-state index contributed by atoms with van der Waals surface area (Å²) in [6.45, 7) is 0. The van der Waals surface area contributed by atoms with Gasteiger partial charge in [0, 0.05) is 38.1 Å². The molecule has 0 bridgehead atoms. The average Bonchev–Trinajstić information content (AvgIpc) is 2.00. The highest BCUT2D eigenvalue weighted by Crippen LogP contribution is 1.99. The third-order valence-electron chi connectivity index (χ3n) is 2.25. The van der Waals surface area contributed by atoms with Crippen LogP contribution in [-0.2, 0) is 0 Å². The summed E-state index contributed by atoms with van der Waals surface area (Å²) in [4.78, 5) is 0. The van der Waals surface area contributed by atoms with Crippen LogP contribution in [0, 0.1) is 0 Å². The molecule has 0 unspecified atom stereocenters. The third-order valence-corrected chi connectivity index (χ3v) is 17.2. The molecule has 0 spiro atoms. The molecule has 4 heteroatoms. The molecule has 1 fully saturated rings. The molecule has 0 atom stereocenters. The molecule has 0 radical (unpaired) electrons. The predicted molar refractivity (Wildman–Crippen MR) is 58.2 cm³/mol. The van der Waals surface area contributed by atoms with Crippen LogP contribution < -0.4 is 0 Å². The van der Waals surface area contributed by atoms with Crippen molar-refractivity contribution in [2.24, 2.45) is 0 Å². The Labute approximate surface area is 67.5 Å². The summed E-state index contributed by atoms with van der Waals surface area (Å²) in [6, 6.07) is 3.52. The van der Waals surface area contributed by atoms with E-state index in [-0.39, 0.29) is 0 Å². The van der Waals surface area contributed by atoms with E-state index < -0.39 is 0 Å². The molecule has 0 nitrogen and oxygen atoms in total. The van der Waals surface area contributed by atoms with Crippen molar-refractivity contribution in [3.63, 3.8) is 0 Å². The molecule has 0 amide bonds. The molecule has 9 heavy (non-hydrogen) atoms. The summed E-state index contributed by atoms with van der Waals surface area (Å²) in [7, 11) is 2.25. The zero-order chi connectivity index (χ0) is 6.36. The maximum atomic E-state index is 1.85. The summed E-state index contributed by atoms with van der Waals surface area (Å²) in [5.74, 6) is 0. The Kier molecular flexibility index (Phi) is 4.99. The standard InChI is InChI=1S/C5H18Si4/c1-2-7-4-9-5-8-3-6-1/h1-9H2. The monoisotopic (exact) mass is 190 g/mol. The topological polar surface area (TPSA) is 0 Å². The largest absolute Gasteiger partial charge is 0.0725 e. The number of hydrogen-bond acceptors (Lipinski definition) is 0. The van der Waals surface area contributed by atoms with Crippen molar-refractivity contribution in [1.29, 1.82) is 0 Å². The Morgan fingerprint density at radius 3 is 1.56 bits per heavy atom. The second-order valence-corrected chi connectivity index (χ2v) is 15.9. The van der Waals surface area contributed by atoms with Gasteiger partial charge in [-0.1, -0.05) is 29.1 Å². The van der Waals surface area contributed by atoms with Crippen molar-refractivity contribution < 1.29 is 0 Å². The third kappa shape index (κ3) is 4.30. The van der Waals surface area contributed by atoms with Gasteiger partial charge < -0.3 is 0 Å². The van der Waals surface area contributed by atoms with Crippen LogP contribution in [0.15, 0.2) is 0 Å². The van der Waals surface area contributed by atoms with E-state index in [1.165, 1.54) is 0 Å². The molecule has 0 aliphatic carbocycles. The quantitative estimate of drug-likeness (QED) is 0.414. The molecule has 1 heterocycles. The van der Waals surface area contributed by atoms with Gasteiger partial charge in [-0.15, -0.1) is 0 Å². The van der Waals surface area contributed by atoms with Crippen LogP contribution in [0.4, 0.5) is 0 Å². The fourth-order valence-electron chi connectivity index (χ4n) is 1.59. The minimum absolute atomic E-state index is 0.548. The maximum Gasteiger partial charge on any atom is 0.0163 e.